The van der Waals surface area contributed by atoms with E-state index >= 15 is 0 Å². The van der Waals surface area contributed by atoms with E-state index in [-0.39, 0.29) is 11.8 Å². The molecule has 1 aromatic carbocycles. The first-order valence-corrected chi connectivity index (χ1v) is 7.51. The van der Waals surface area contributed by atoms with Gasteiger partial charge in [0.05, 0.1) is 0 Å². The van der Waals surface area contributed by atoms with Gasteiger partial charge < -0.3 is 4.79 Å². The third-order valence-corrected chi connectivity index (χ3v) is 4.62. The lowest BCUT2D eigenvalue weighted by molar-refractivity contribution is -0.133. The highest BCUT2D eigenvalue weighted by Crippen LogP contribution is 2.44. The zero-order valence-electron chi connectivity index (χ0n) is 11.3. The van der Waals surface area contributed by atoms with Crippen LogP contribution in [0.15, 0.2) is 29.2 Å². The van der Waals surface area contributed by atoms with E-state index in [0.29, 0.717) is 0 Å². The lowest BCUT2D eigenvalue weighted by atomic mass is 10.0. The summed E-state index contributed by atoms with van der Waals surface area (Å²) >= 11 is 1.39. The molecule has 1 aliphatic rings. The topological polar surface area (TPSA) is 37.4 Å². The Bertz CT molecular complexity index is 475. The summed E-state index contributed by atoms with van der Waals surface area (Å²) in [7, 11) is 0. The van der Waals surface area contributed by atoms with Gasteiger partial charge in [-0.25, -0.2) is 0 Å². The van der Waals surface area contributed by atoms with Gasteiger partial charge in [-0.2, -0.15) is 0 Å². The molecule has 0 N–H and O–H groups in total. The number of benzene rings is 1. The summed E-state index contributed by atoms with van der Waals surface area (Å²) in [6.07, 6.45) is 3.88. The van der Waals surface area contributed by atoms with Crippen molar-refractivity contribution < 1.29 is 9.59 Å². The molecule has 2 atom stereocenters. The molecule has 1 amide bonds. The Morgan fingerprint density at radius 3 is 2.89 bits per heavy atom. The number of carbonyl (C=O) groups excluding carboxylic acids is 2. The van der Waals surface area contributed by atoms with E-state index in [9.17, 15) is 9.59 Å². The van der Waals surface area contributed by atoms with Crippen LogP contribution in [0.2, 0.25) is 0 Å². The van der Waals surface area contributed by atoms with Crippen LogP contribution in [0.4, 0.5) is 0 Å². The summed E-state index contributed by atoms with van der Waals surface area (Å²) in [5, 5.41) is 0. The van der Waals surface area contributed by atoms with Gasteiger partial charge in [0.1, 0.15) is 12.3 Å². The molecule has 0 saturated carbocycles. The van der Waals surface area contributed by atoms with Crippen LogP contribution in [0.5, 0.6) is 0 Å². The summed E-state index contributed by atoms with van der Waals surface area (Å²) in [6.45, 7) is 4.06. The predicted octanol–water partition coefficient (Wildman–Crippen LogP) is 3.60. The summed E-state index contributed by atoms with van der Waals surface area (Å²) in [5.74, 6) is 0.0379. The third kappa shape index (κ3) is 2.84. The van der Waals surface area contributed by atoms with Gasteiger partial charge in [-0.3, -0.25) is 9.10 Å². The number of carbonyl (C=O) groups is 2. The van der Waals surface area contributed by atoms with Crippen LogP contribution in [-0.2, 0) is 9.59 Å². The average Bonchev–Trinajstić information content (AvgIpc) is 2.82. The molecule has 2 rings (SSSR count). The molecule has 2 unspecified atom stereocenters. The number of fused-ring (bicyclic) bond motifs is 1. The summed E-state index contributed by atoms with van der Waals surface area (Å²) in [4.78, 5) is 24.8. The smallest absolute Gasteiger partial charge is 0.236 e. The lowest BCUT2D eigenvalue weighted by Crippen LogP contribution is -2.31. The van der Waals surface area contributed by atoms with Crippen LogP contribution in [0.1, 0.15) is 44.7 Å². The second-order valence-corrected chi connectivity index (χ2v) is 5.93. The van der Waals surface area contributed by atoms with Crippen molar-refractivity contribution in [2.45, 2.75) is 44.0 Å². The van der Waals surface area contributed by atoms with E-state index in [0.717, 1.165) is 36.0 Å². The van der Waals surface area contributed by atoms with Crippen molar-refractivity contribution in [1.82, 2.24) is 4.31 Å². The van der Waals surface area contributed by atoms with E-state index in [1.807, 2.05) is 31.2 Å². The molecule has 1 aliphatic heterocycles. The van der Waals surface area contributed by atoms with E-state index in [1.165, 1.54) is 11.9 Å². The number of amides is 1. The third-order valence-electron chi connectivity index (χ3n) is 3.45. The molecule has 0 spiro atoms. The molecular weight excluding hydrogens is 258 g/mol. The van der Waals surface area contributed by atoms with Crippen LogP contribution in [-0.4, -0.2) is 16.5 Å². The van der Waals surface area contributed by atoms with Crippen LogP contribution in [0.3, 0.4) is 0 Å². The Kier molecular flexibility index (Phi) is 4.64. The van der Waals surface area contributed by atoms with Crippen molar-refractivity contribution >= 4 is 24.1 Å². The number of nitrogens with zero attached hydrogens (tertiary/aromatic N) is 1. The molecule has 1 heterocycles. The monoisotopic (exact) mass is 277 g/mol. The molecule has 0 aromatic heterocycles. The highest BCUT2D eigenvalue weighted by atomic mass is 32.2. The fourth-order valence-corrected chi connectivity index (χ4v) is 3.45. The Morgan fingerprint density at radius 1 is 1.47 bits per heavy atom. The first kappa shape index (κ1) is 14.1. The molecule has 0 radical (unpaired) electrons. The van der Waals surface area contributed by atoms with E-state index in [1.54, 1.807) is 4.31 Å². The maximum Gasteiger partial charge on any atom is 0.236 e. The SMILES string of the molecule is CCCCC(C)C(=O)N1Sc2ccccc2C1C=O. The number of aldehydes is 1. The van der Waals surface area contributed by atoms with Crippen molar-refractivity contribution in [1.29, 1.82) is 0 Å². The Hall–Kier alpha value is -1.29. The van der Waals surface area contributed by atoms with Crippen molar-refractivity contribution in [2.75, 3.05) is 0 Å². The van der Waals surface area contributed by atoms with E-state index in [2.05, 4.69) is 6.92 Å². The fraction of sp³-hybridized carbons (Fsp3) is 0.467. The Morgan fingerprint density at radius 2 is 2.21 bits per heavy atom. The molecular formula is C15H19NO2S. The summed E-state index contributed by atoms with van der Waals surface area (Å²) in [6, 6.07) is 7.29. The van der Waals surface area contributed by atoms with E-state index in [4.69, 9.17) is 0 Å². The number of hydrogen-bond donors (Lipinski definition) is 0. The van der Waals surface area contributed by atoms with Crippen molar-refractivity contribution in [3.05, 3.63) is 29.8 Å². The molecule has 1 aromatic rings. The van der Waals surface area contributed by atoms with Gasteiger partial charge >= 0.3 is 0 Å². The van der Waals surface area contributed by atoms with E-state index < -0.39 is 6.04 Å². The minimum Gasteiger partial charge on any atom is -0.301 e. The molecule has 0 saturated heterocycles. The minimum absolute atomic E-state index is 0.0239. The Labute approximate surface area is 118 Å². The average molecular weight is 277 g/mol. The molecule has 0 fully saturated rings. The van der Waals surface area contributed by atoms with Gasteiger partial charge in [-0.1, -0.05) is 44.9 Å². The van der Waals surface area contributed by atoms with Crippen LogP contribution in [0, 0.1) is 5.92 Å². The molecule has 19 heavy (non-hydrogen) atoms. The van der Waals surface area contributed by atoms with Crippen LogP contribution in [0.25, 0.3) is 0 Å². The normalized spacial score (nSPS) is 19.1. The van der Waals surface area contributed by atoms with Crippen molar-refractivity contribution in [2.24, 2.45) is 5.92 Å². The zero-order valence-corrected chi connectivity index (χ0v) is 12.2. The predicted molar refractivity (Wildman–Crippen MR) is 76.6 cm³/mol. The fourth-order valence-electron chi connectivity index (χ4n) is 2.26. The van der Waals surface area contributed by atoms with Crippen LogP contribution >= 0.6 is 11.9 Å². The molecule has 0 aliphatic carbocycles. The quantitative estimate of drug-likeness (QED) is 0.609. The van der Waals surface area contributed by atoms with Gasteiger partial charge in [0.2, 0.25) is 5.91 Å². The molecule has 4 heteroatoms. The highest BCUT2D eigenvalue weighted by Gasteiger charge is 2.36. The van der Waals surface area contributed by atoms with Gasteiger partial charge in [0.15, 0.2) is 0 Å². The maximum absolute atomic E-state index is 12.4. The maximum atomic E-state index is 12.4. The van der Waals surface area contributed by atoms with Gasteiger partial charge in [0, 0.05) is 10.8 Å². The highest BCUT2D eigenvalue weighted by molar-refractivity contribution is 7.97. The largest absolute Gasteiger partial charge is 0.301 e. The standard InChI is InChI=1S/C15H19NO2S/c1-3-4-7-11(2)15(18)16-13(10-17)12-8-5-6-9-14(12)19-16/h5-6,8-11,13H,3-4,7H2,1-2H3. The van der Waals surface area contributed by atoms with Crippen molar-refractivity contribution in [3.63, 3.8) is 0 Å². The number of rotatable bonds is 5. The number of hydrogen-bond acceptors (Lipinski definition) is 3. The second kappa shape index (κ2) is 6.24. The first-order chi connectivity index (χ1) is 9.19. The molecule has 3 nitrogen and oxygen atoms in total. The van der Waals surface area contributed by atoms with Crippen molar-refractivity contribution in [3.8, 4) is 0 Å². The van der Waals surface area contributed by atoms with Crippen LogP contribution < -0.4 is 0 Å². The van der Waals surface area contributed by atoms with Gasteiger partial charge in [-0.15, -0.1) is 0 Å². The molecule has 0 bridgehead atoms. The minimum atomic E-state index is -0.433. The second-order valence-electron chi connectivity index (χ2n) is 4.92. The number of unbranched alkanes of at least 4 members (excludes halogenated alkanes) is 1. The summed E-state index contributed by atoms with van der Waals surface area (Å²) in [5.41, 5.74) is 0.943. The first-order valence-electron chi connectivity index (χ1n) is 6.74. The summed E-state index contributed by atoms with van der Waals surface area (Å²) < 4.78 is 1.64. The lowest BCUT2D eigenvalue weighted by Gasteiger charge is -2.22. The molecule has 102 valence electrons. The zero-order chi connectivity index (χ0) is 13.8. The van der Waals surface area contributed by atoms with Gasteiger partial charge in [-0.05, 0) is 30.0 Å². The Balaban J connectivity index is 2.14. The van der Waals surface area contributed by atoms with Gasteiger partial charge in [0.25, 0.3) is 0 Å².